The monoisotopic (exact) mass is 346 g/mol. The Hall–Kier alpha value is -2.08. The standard InChI is InChI=1S/C18H16F6/c1-3-5-7-9-13-11-12-14(10-8-6-4-2)16(18(22,23)24)15(13)17(19,20)21/h11-12H,3-6H2,1-2H3. The summed E-state index contributed by atoms with van der Waals surface area (Å²) in [5, 5.41) is 0. The van der Waals surface area contributed by atoms with Gasteiger partial charge in [-0.05, 0) is 25.0 Å². The highest BCUT2D eigenvalue weighted by Gasteiger charge is 2.46. The second-order valence-electron chi connectivity index (χ2n) is 5.01. The summed E-state index contributed by atoms with van der Waals surface area (Å²) in [6, 6.07) is 1.91. The van der Waals surface area contributed by atoms with E-state index in [2.05, 4.69) is 23.7 Å². The predicted molar refractivity (Wildman–Crippen MR) is 80.0 cm³/mol. The maximum atomic E-state index is 13.3. The highest BCUT2D eigenvalue weighted by molar-refractivity contribution is 5.56. The van der Waals surface area contributed by atoms with Crippen molar-refractivity contribution in [2.45, 2.75) is 51.9 Å². The van der Waals surface area contributed by atoms with E-state index in [9.17, 15) is 26.3 Å². The molecule has 0 atom stereocenters. The Balaban J connectivity index is 3.70. The van der Waals surface area contributed by atoms with Crippen LogP contribution in [0.25, 0.3) is 0 Å². The predicted octanol–water partition coefficient (Wildman–Crippen LogP) is 6.03. The number of hydrogen-bond donors (Lipinski definition) is 0. The molecule has 0 saturated heterocycles. The quantitative estimate of drug-likeness (QED) is 0.453. The van der Waals surface area contributed by atoms with Gasteiger partial charge in [0.05, 0.1) is 11.1 Å². The molecular formula is C18H16F6. The van der Waals surface area contributed by atoms with Crippen LogP contribution in [0.3, 0.4) is 0 Å². The molecule has 0 aliphatic heterocycles. The zero-order valence-corrected chi connectivity index (χ0v) is 13.3. The van der Waals surface area contributed by atoms with E-state index in [0.717, 1.165) is 12.1 Å². The fraction of sp³-hybridized carbons (Fsp3) is 0.444. The van der Waals surface area contributed by atoms with Crippen molar-refractivity contribution < 1.29 is 26.3 Å². The highest BCUT2D eigenvalue weighted by Crippen LogP contribution is 2.43. The summed E-state index contributed by atoms with van der Waals surface area (Å²) in [5.74, 6) is 9.34. The lowest BCUT2D eigenvalue weighted by molar-refractivity contribution is -0.162. The molecule has 0 amide bonds. The largest absolute Gasteiger partial charge is 0.418 e. The third-order valence-electron chi connectivity index (χ3n) is 2.97. The van der Waals surface area contributed by atoms with Gasteiger partial charge in [0.1, 0.15) is 0 Å². The highest BCUT2D eigenvalue weighted by atomic mass is 19.4. The molecule has 24 heavy (non-hydrogen) atoms. The molecule has 1 rings (SSSR count). The van der Waals surface area contributed by atoms with E-state index < -0.39 is 34.6 Å². The SMILES string of the molecule is CCCC#Cc1ccc(C#CCCC)c(C(F)(F)F)c1C(F)(F)F. The van der Waals surface area contributed by atoms with Crippen molar-refractivity contribution in [1.29, 1.82) is 0 Å². The van der Waals surface area contributed by atoms with E-state index in [1.807, 2.05) is 0 Å². The summed E-state index contributed by atoms with van der Waals surface area (Å²) in [4.78, 5) is 0. The summed E-state index contributed by atoms with van der Waals surface area (Å²) in [5.41, 5.74) is -4.88. The second-order valence-corrected chi connectivity index (χ2v) is 5.01. The molecule has 0 aliphatic rings. The van der Waals surface area contributed by atoms with Gasteiger partial charge >= 0.3 is 12.4 Å². The first kappa shape index (κ1) is 20.0. The van der Waals surface area contributed by atoms with Crippen molar-refractivity contribution in [2.75, 3.05) is 0 Å². The molecule has 6 heteroatoms. The first-order valence-electron chi connectivity index (χ1n) is 7.42. The summed E-state index contributed by atoms with van der Waals surface area (Å²) in [6.45, 7) is 3.54. The van der Waals surface area contributed by atoms with Crippen molar-refractivity contribution in [2.24, 2.45) is 0 Å². The lowest BCUT2D eigenvalue weighted by Crippen LogP contribution is -2.20. The number of hydrogen-bond acceptors (Lipinski definition) is 0. The molecular weight excluding hydrogens is 330 g/mol. The number of alkyl halides is 6. The Morgan fingerprint density at radius 2 is 1.04 bits per heavy atom. The zero-order chi connectivity index (χ0) is 18.4. The molecule has 0 aliphatic carbocycles. The van der Waals surface area contributed by atoms with Crippen LogP contribution in [-0.2, 0) is 12.4 Å². The van der Waals surface area contributed by atoms with Crippen LogP contribution in [0.2, 0.25) is 0 Å². The van der Waals surface area contributed by atoms with Crippen LogP contribution in [0.15, 0.2) is 12.1 Å². The topological polar surface area (TPSA) is 0 Å². The van der Waals surface area contributed by atoms with Gasteiger partial charge in [0.25, 0.3) is 0 Å². The van der Waals surface area contributed by atoms with E-state index >= 15 is 0 Å². The molecule has 1 aromatic rings. The lowest BCUT2D eigenvalue weighted by Gasteiger charge is -2.18. The summed E-state index contributed by atoms with van der Waals surface area (Å²) < 4.78 is 79.8. The van der Waals surface area contributed by atoms with Crippen LogP contribution < -0.4 is 0 Å². The third-order valence-corrected chi connectivity index (χ3v) is 2.97. The van der Waals surface area contributed by atoms with Crippen LogP contribution in [0, 0.1) is 23.7 Å². The minimum atomic E-state index is -5.18. The van der Waals surface area contributed by atoms with Crippen molar-refractivity contribution in [3.8, 4) is 23.7 Å². The third kappa shape index (κ3) is 5.23. The van der Waals surface area contributed by atoms with Gasteiger partial charge in [0, 0.05) is 24.0 Å². The van der Waals surface area contributed by atoms with Crippen molar-refractivity contribution >= 4 is 0 Å². The average molecular weight is 346 g/mol. The Morgan fingerprint density at radius 3 is 1.29 bits per heavy atom. The number of halogens is 6. The van der Waals surface area contributed by atoms with Crippen LogP contribution in [0.4, 0.5) is 26.3 Å². The summed E-state index contributed by atoms with van der Waals surface area (Å²) in [7, 11) is 0. The van der Waals surface area contributed by atoms with Crippen molar-refractivity contribution in [1.82, 2.24) is 0 Å². The average Bonchev–Trinajstić information content (AvgIpc) is 2.46. The maximum Gasteiger partial charge on any atom is 0.418 e. The first-order valence-corrected chi connectivity index (χ1v) is 7.42. The van der Waals surface area contributed by atoms with Gasteiger partial charge in [0.15, 0.2) is 0 Å². The lowest BCUT2D eigenvalue weighted by atomic mass is 9.94. The molecule has 0 N–H and O–H groups in total. The number of benzene rings is 1. The molecule has 0 spiro atoms. The van der Waals surface area contributed by atoms with Gasteiger partial charge in [-0.2, -0.15) is 26.3 Å². The van der Waals surface area contributed by atoms with Gasteiger partial charge < -0.3 is 0 Å². The Labute approximate surface area is 137 Å². The normalized spacial score (nSPS) is 11.3. The molecule has 0 nitrogen and oxygen atoms in total. The number of rotatable bonds is 2. The van der Waals surface area contributed by atoms with Gasteiger partial charge in [-0.15, -0.1) is 0 Å². The molecule has 0 unspecified atom stereocenters. The van der Waals surface area contributed by atoms with Gasteiger partial charge in [-0.3, -0.25) is 0 Å². The number of unbranched alkanes of at least 4 members (excludes halogenated alkanes) is 2. The van der Waals surface area contributed by atoms with Gasteiger partial charge in [-0.1, -0.05) is 37.5 Å². The van der Waals surface area contributed by atoms with Crippen LogP contribution in [0.5, 0.6) is 0 Å². The summed E-state index contributed by atoms with van der Waals surface area (Å²) >= 11 is 0. The molecule has 0 heterocycles. The van der Waals surface area contributed by atoms with E-state index in [0.29, 0.717) is 25.7 Å². The molecule has 0 fully saturated rings. The van der Waals surface area contributed by atoms with E-state index in [1.165, 1.54) is 0 Å². The molecule has 0 saturated carbocycles. The second kappa shape index (κ2) is 8.15. The van der Waals surface area contributed by atoms with Crippen LogP contribution >= 0.6 is 0 Å². The smallest absolute Gasteiger partial charge is 0.166 e. The minimum absolute atomic E-state index is 0.302. The van der Waals surface area contributed by atoms with Crippen molar-refractivity contribution in [3.63, 3.8) is 0 Å². The van der Waals surface area contributed by atoms with E-state index in [4.69, 9.17) is 0 Å². The molecule has 0 aromatic heterocycles. The fourth-order valence-corrected chi connectivity index (χ4v) is 1.97. The summed E-state index contributed by atoms with van der Waals surface area (Å²) in [6.07, 6.45) is -8.55. The van der Waals surface area contributed by atoms with Crippen LogP contribution in [0.1, 0.15) is 61.8 Å². The van der Waals surface area contributed by atoms with E-state index in [1.54, 1.807) is 13.8 Å². The maximum absolute atomic E-state index is 13.3. The van der Waals surface area contributed by atoms with Gasteiger partial charge in [0.2, 0.25) is 0 Å². The van der Waals surface area contributed by atoms with Crippen LogP contribution in [-0.4, -0.2) is 0 Å². The first-order chi connectivity index (χ1) is 11.1. The Bertz CT molecular complexity index is 626. The molecule has 0 bridgehead atoms. The Kier molecular flexibility index (Phi) is 6.78. The molecule has 0 radical (unpaired) electrons. The molecule has 1 aromatic carbocycles. The minimum Gasteiger partial charge on any atom is -0.166 e. The van der Waals surface area contributed by atoms with Gasteiger partial charge in [-0.25, -0.2) is 0 Å². The Morgan fingerprint density at radius 1 is 0.708 bits per heavy atom. The fourth-order valence-electron chi connectivity index (χ4n) is 1.97. The zero-order valence-electron chi connectivity index (χ0n) is 13.3. The van der Waals surface area contributed by atoms with E-state index in [-0.39, 0.29) is 0 Å². The molecule has 130 valence electrons. The van der Waals surface area contributed by atoms with Crippen molar-refractivity contribution in [3.05, 3.63) is 34.4 Å².